The smallest absolute Gasteiger partial charge is 0.260 e. The molecule has 162 valence electrons. The molecule has 0 spiro atoms. The van der Waals surface area contributed by atoms with Gasteiger partial charge in [0.25, 0.3) is 5.91 Å². The van der Waals surface area contributed by atoms with Gasteiger partial charge >= 0.3 is 0 Å². The van der Waals surface area contributed by atoms with Crippen LogP contribution in [0.25, 0.3) is 11.4 Å². The summed E-state index contributed by atoms with van der Waals surface area (Å²) in [6.45, 7) is 1.37. The first-order chi connectivity index (χ1) is 15.1. The van der Waals surface area contributed by atoms with Crippen LogP contribution in [-0.4, -0.2) is 47.8 Å². The summed E-state index contributed by atoms with van der Waals surface area (Å²) in [6, 6.07) is 13.2. The van der Waals surface area contributed by atoms with Crippen molar-refractivity contribution in [1.82, 2.24) is 15.0 Å². The molecule has 2 heterocycles. The molecule has 1 aliphatic rings. The van der Waals surface area contributed by atoms with Gasteiger partial charge in [0.15, 0.2) is 6.61 Å². The molecule has 0 aliphatic carbocycles. The van der Waals surface area contributed by atoms with Gasteiger partial charge in [-0.3, -0.25) is 4.79 Å². The van der Waals surface area contributed by atoms with Crippen molar-refractivity contribution in [3.63, 3.8) is 0 Å². The van der Waals surface area contributed by atoms with Crippen LogP contribution in [0.2, 0.25) is 0 Å². The molecule has 3 aromatic rings. The second-order valence-electron chi connectivity index (χ2n) is 7.51. The van der Waals surface area contributed by atoms with E-state index in [9.17, 15) is 9.18 Å². The van der Waals surface area contributed by atoms with E-state index in [1.54, 1.807) is 43.5 Å². The standard InChI is InChI=1S/C23H24FN3O4/c1-29-19-6-8-20(9-7-19)30-15-22(28)27-12-10-16(11-13-27)14-21-25-23(26-31-21)17-2-4-18(24)5-3-17/h2-9,16H,10-15H2,1H3. The molecule has 0 atom stereocenters. The van der Waals surface area contributed by atoms with Crippen molar-refractivity contribution < 1.29 is 23.2 Å². The molecule has 0 unspecified atom stereocenters. The molecule has 31 heavy (non-hydrogen) atoms. The minimum atomic E-state index is -0.303. The Balaban J connectivity index is 1.23. The first kappa shape index (κ1) is 20.8. The van der Waals surface area contributed by atoms with Gasteiger partial charge in [0.2, 0.25) is 11.7 Å². The van der Waals surface area contributed by atoms with Gasteiger partial charge in [-0.2, -0.15) is 4.98 Å². The molecule has 4 rings (SSSR count). The highest BCUT2D eigenvalue weighted by Gasteiger charge is 2.25. The third-order valence-electron chi connectivity index (χ3n) is 5.42. The van der Waals surface area contributed by atoms with E-state index < -0.39 is 0 Å². The Labute approximate surface area is 179 Å². The van der Waals surface area contributed by atoms with E-state index >= 15 is 0 Å². The molecule has 0 radical (unpaired) electrons. The molecule has 1 aliphatic heterocycles. The van der Waals surface area contributed by atoms with Crippen LogP contribution in [0.1, 0.15) is 18.7 Å². The van der Waals surface area contributed by atoms with Crippen LogP contribution < -0.4 is 9.47 Å². The van der Waals surface area contributed by atoms with Crippen molar-refractivity contribution in [3.05, 3.63) is 60.2 Å². The number of nitrogens with zero attached hydrogens (tertiary/aromatic N) is 3. The number of methoxy groups -OCH3 is 1. The molecule has 8 heteroatoms. The SMILES string of the molecule is COc1ccc(OCC(=O)N2CCC(Cc3nc(-c4ccc(F)cc4)no3)CC2)cc1. The molecule has 1 aromatic heterocycles. The van der Waals surface area contributed by atoms with Crippen LogP contribution in [0.5, 0.6) is 11.5 Å². The van der Waals surface area contributed by atoms with Gasteiger partial charge < -0.3 is 18.9 Å². The van der Waals surface area contributed by atoms with Gasteiger partial charge in [0.05, 0.1) is 7.11 Å². The maximum Gasteiger partial charge on any atom is 0.260 e. The maximum absolute atomic E-state index is 13.1. The number of aromatic nitrogens is 2. The maximum atomic E-state index is 13.1. The lowest BCUT2D eigenvalue weighted by Crippen LogP contribution is -2.41. The number of hydrogen-bond donors (Lipinski definition) is 0. The highest BCUT2D eigenvalue weighted by atomic mass is 19.1. The van der Waals surface area contributed by atoms with E-state index in [4.69, 9.17) is 14.0 Å². The van der Waals surface area contributed by atoms with Crippen molar-refractivity contribution in [2.45, 2.75) is 19.3 Å². The number of carbonyl (C=O) groups excluding carboxylic acids is 1. The molecule has 1 saturated heterocycles. The molecule has 1 fully saturated rings. The number of hydrogen-bond acceptors (Lipinski definition) is 6. The van der Waals surface area contributed by atoms with Gasteiger partial charge in [-0.05, 0) is 67.3 Å². The zero-order valence-corrected chi connectivity index (χ0v) is 17.3. The number of benzene rings is 2. The second-order valence-corrected chi connectivity index (χ2v) is 7.51. The van der Waals surface area contributed by atoms with Crippen LogP contribution in [0.3, 0.4) is 0 Å². The lowest BCUT2D eigenvalue weighted by atomic mass is 9.93. The summed E-state index contributed by atoms with van der Waals surface area (Å²) in [5.74, 6) is 2.44. The Bertz CT molecular complexity index is 996. The average molecular weight is 425 g/mol. The minimum Gasteiger partial charge on any atom is -0.497 e. The van der Waals surface area contributed by atoms with Crippen molar-refractivity contribution in [2.24, 2.45) is 5.92 Å². The van der Waals surface area contributed by atoms with E-state index in [0.717, 1.165) is 18.6 Å². The molecular formula is C23H24FN3O4. The summed E-state index contributed by atoms with van der Waals surface area (Å²) in [6.07, 6.45) is 2.39. The minimum absolute atomic E-state index is 0.0156. The summed E-state index contributed by atoms with van der Waals surface area (Å²) in [5.41, 5.74) is 0.716. The highest BCUT2D eigenvalue weighted by molar-refractivity contribution is 5.77. The Kier molecular flexibility index (Phi) is 6.45. The Hall–Kier alpha value is -3.42. The third kappa shape index (κ3) is 5.39. The number of rotatable bonds is 7. The van der Waals surface area contributed by atoms with Gasteiger partial charge in [-0.15, -0.1) is 0 Å². The van der Waals surface area contributed by atoms with Crippen molar-refractivity contribution in [1.29, 1.82) is 0 Å². The number of likely N-dealkylation sites (tertiary alicyclic amines) is 1. The van der Waals surface area contributed by atoms with Crippen LogP contribution in [0, 0.1) is 11.7 Å². The number of carbonyl (C=O) groups is 1. The first-order valence-electron chi connectivity index (χ1n) is 10.2. The normalized spacial score (nSPS) is 14.5. The van der Waals surface area contributed by atoms with Gasteiger partial charge in [0.1, 0.15) is 17.3 Å². The number of amides is 1. The molecule has 0 N–H and O–H groups in total. The number of halogens is 1. The number of piperidine rings is 1. The Morgan fingerprint density at radius 2 is 1.77 bits per heavy atom. The quantitative estimate of drug-likeness (QED) is 0.574. The Morgan fingerprint density at radius 1 is 1.10 bits per heavy atom. The summed E-state index contributed by atoms with van der Waals surface area (Å²) < 4.78 is 29.1. The van der Waals surface area contributed by atoms with Crippen LogP contribution in [-0.2, 0) is 11.2 Å². The van der Waals surface area contributed by atoms with E-state index in [-0.39, 0.29) is 18.3 Å². The van der Waals surface area contributed by atoms with E-state index in [0.29, 0.717) is 48.5 Å². The average Bonchev–Trinajstić information content (AvgIpc) is 3.27. The zero-order chi connectivity index (χ0) is 21.6. The highest BCUT2D eigenvalue weighted by Crippen LogP contribution is 2.23. The predicted molar refractivity (Wildman–Crippen MR) is 111 cm³/mol. The summed E-state index contributed by atoms with van der Waals surface area (Å²) in [5, 5.41) is 3.99. The molecular weight excluding hydrogens is 401 g/mol. The van der Waals surface area contributed by atoms with Crippen LogP contribution in [0.15, 0.2) is 53.1 Å². The second kappa shape index (κ2) is 9.59. The largest absolute Gasteiger partial charge is 0.497 e. The summed E-state index contributed by atoms with van der Waals surface area (Å²) in [4.78, 5) is 18.7. The molecule has 2 aromatic carbocycles. The monoisotopic (exact) mass is 425 g/mol. The summed E-state index contributed by atoms with van der Waals surface area (Å²) in [7, 11) is 1.60. The lowest BCUT2D eigenvalue weighted by molar-refractivity contribution is -0.134. The van der Waals surface area contributed by atoms with E-state index in [1.165, 1.54) is 12.1 Å². The van der Waals surface area contributed by atoms with Crippen molar-refractivity contribution >= 4 is 5.91 Å². The first-order valence-corrected chi connectivity index (χ1v) is 10.2. The molecule has 0 bridgehead atoms. The fourth-order valence-electron chi connectivity index (χ4n) is 3.60. The van der Waals surface area contributed by atoms with Crippen molar-refractivity contribution in [3.8, 4) is 22.9 Å². The van der Waals surface area contributed by atoms with Crippen molar-refractivity contribution in [2.75, 3.05) is 26.8 Å². The molecule has 1 amide bonds. The predicted octanol–water partition coefficient (Wildman–Crippen LogP) is 3.74. The van der Waals surface area contributed by atoms with Gasteiger partial charge in [0, 0.05) is 25.1 Å². The zero-order valence-electron chi connectivity index (χ0n) is 17.3. The molecule has 0 saturated carbocycles. The molecule has 7 nitrogen and oxygen atoms in total. The van der Waals surface area contributed by atoms with E-state index in [1.807, 2.05) is 4.90 Å². The van der Waals surface area contributed by atoms with Crippen LogP contribution in [0.4, 0.5) is 4.39 Å². The van der Waals surface area contributed by atoms with E-state index in [2.05, 4.69) is 10.1 Å². The topological polar surface area (TPSA) is 77.7 Å². The van der Waals surface area contributed by atoms with Gasteiger partial charge in [-0.25, -0.2) is 4.39 Å². The number of ether oxygens (including phenoxy) is 2. The van der Waals surface area contributed by atoms with Crippen LogP contribution >= 0.6 is 0 Å². The lowest BCUT2D eigenvalue weighted by Gasteiger charge is -2.31. The summed E-state index contributed by atoms with van der Waals surface area (Å²) >= 11 is 0. The van der Waals surface area contributed by atoms with Gasteiger partial charge in [-0.1, -0.05) is 5.16 Å². The fourth-order valence-corrected chi connectivity index (χ4v) is 3.60. The third-order valence-corrected chi connectivity index (χ3v) is 5.42. The Morgan fingerprint density at radius 3 is 2.45 bits per heavy atom. The fraction of sp³-hybridized carbons (Fsp3) is 0.348.